The van der Waals surface area contributed by atoms with E-state index in [-0.39, 0.29) is 0 Å². The van der Waals surface area contributed by atoms with Crippen molar-refractivity contribution in [2.24, 2.45) is 5.92 Å². The summed E-state index contributed by atoms with van der Waals surface area (Å²) in [6.45, 7) is 0.616. The van der Waals surface area contributed by atoms with Crippen molar-refractivity contribution in [2.75, 3.05) is 12.3 Å². The largest absolute Gasteiger partial charge is 0.475 e. The normalized spacial score (nSPS) is 13.6. The molecule has 0 spiro atoms. The molecule has 2 heterocycles. The Morgan fingerprint density at radius 1 is 0.966 bits per heavy atom. The minimum absolute atomic E-state index is 0.293. The Hall–Kier alpha value is -3.18. The minimum atomic E-state index is 0.293. The molecule has 0 bridgehead atoms. The number of pyridine rings is 1. The Balaban J connectivity index is 1.69. The maximum atomic E-state index is 6.53. The molecule has 0 atom stereocenters. The molecule has 2 aromatic heterocycles. The lowest BCUT2D eigenvalue weighted by molar-refractivity contribution is 0.289. The Morgan fingerprint density at radius 2 is 1.76 bits per heavy atom. The molecule has 29 heavy (non-hydrogen) atoms. The Morgan fingerprint density at radius 3 is 2.55 bits per heavy atom. The summed E-state index contributed by atoms with van der Waals surface area (Å²) in [6.07, 6.45) is 4.11. The lowest BCUT2D eigenvalue weighted by atomic mass is 10.0. The van der Waals surface area contributed by atoms with Crippen molar-refractivity contribution >= 4 is 28.3 Å². The summed E-state index contributed by atoms with van der Waals surface area (Å²) >= 11 is 6.53. The Kier molecular flexibility index (Phi) is 4.52. The van der Waals surface area contributed by atoms with Crippen LogP contribution in [0.4, 0.5) is 5.82 Å². The van der Waals surface area contributed by atoms with Gasteiger partial charge in [-0.3, -0.25) is 4.98 Å². The topological polar surface area (TPSA) is 73.9 Å². The SMILES string of the molecule is Nc1nc(-c2ccccc2)c(-c2cc(Cl)c3ncccc3c2)nc1OCC1CC1. The van der Waals surface area contributed by atoms with E-state index in [9.17, 15) is 0 Å². The van der Waals surface area contributed by atoms with E-state index in [0.717, 1.165) is 22.0 Å². The number of aromatic nitrogens is 3. The number of anilines is 1. The highest BCUT2D eigenvalue weighted by Gasteiger charge is 2.24. The molecular weight excluding hydrogens is 384 g/mol. The number of halogens is 1. The van der Waals surface area contributed by atoms with Crippen LogP contribution in [-0.2, 0) is 0 Å². The van der Waals surface area contributed by atoms with Gasteiger partial charge >= 0.3 is 0 Å². The van der Waals surface area contributed by atoms with E-state index in [1.54, 1.807) is 6.20 Å². The fraction of sp³-hybridized carbons (Fsp3) is 0.174. The second-order valence-corrected chi connectivity index (χ2v) is 7.67. The third-order valence-corrected chi connectivity index (χ3v) is 5.31. The van der Waals surface area contributed by atoms with Crippen molar-refractivity contribution in [3.63, 3.8) is 0 Å². The first-order chi connectivity index (χ1) is 14.2. The second-order valence-electron chi connectivity index (χ2n) is 7.26. The quantitative estimate of drug-likeness (QED) is 0.484. The average Bonchev–Trinajstić information content (AvgIpc) is 3.58. The van der Waals surface area contributed by atoms with E-state index in [1.165, 1.54) is 12.8 Å². The zero-order valence-electron chi connectivity index (χ0n) is 15.7. The van der Waals surface area contributed by atoms with Crippen LogP contribution in [0.5, 0.6) is 5.88 Å². The standard InChI is InChI=1S/C23H19ClN4O/c24-18-12-17(11-16-7-4-10-26-19(16)18)21-20(15-5-2-1-3-6-15)27-22(25)23(28-21)29-13-14-8-9-14/h1-7,10-12,14H,8-9,13H2,(H2,25,27). The van der Waals surface area contributed by atoms with E-state index >= 15 is 0 Å². The highest BCUT2D eigenvalue weighted by Crippen LogP contribution is 2.37. The first-order valence-corrected chi connectivity index (χ1v) is 9.97. The molecule has 0 saturated heterocycles. The van der Waals surface area contributed by atoms with Crippen LogP contribution in [0.1, 0.15) is 12.8 Å². The highest BCUT2D eigenvalue weighted by molar-refractivity contribution is 6.35. The summed E-state index contributed by atoms with van der Waals surface area (Å²) in [5.74, 6) is 1.26. The molecular formula is C23H19ClN4O. The van der Waals surface area contributed by atoms with Gasteiger partial charge in [-0.2, -0.15) is 0 Å². The van der Waals surface area contributed by atoms with Crippen molar-refractivity contribution in [3.05, 3.63) is 65.8 Å². The van der Waals surface area contributed by atoms with Crippen LogP contribution in [0, 0.1) is 5.92 Å². The molecule has 0 radical (unpaired) electrons. The molecule has 1 fully saturated rings. The van der Waals surface area contributed by atoms with Crippen molar-refractivity contribution in [3.8, 4) is 28.4 Å². The molecule has 1 aliphatic rings. The lowest BCUT2D eigenvalue weighted by Crippen LogP contribution is -2.07. The third-order valence-electron chi connectivity index (χ3n) is 5.02. The van der Waals surface area contributed by atoms with Crippen molar-refractivity contribution < 1.29 is 4.74 Å². The molecule has 0 amide bonds. The lowest BCUT2D eigenvalue weighted by Gasteiger charge is -2.14. The number of rotatable bonds is 5. The van der Waals surface area contributed by atoms with Crippen LogP contribution in [0.25, 0.3) is 33.4 Å². The van der Waals surface area contributed by atoms with Gasteiger partial charge in [-0.1, -0.05) is 48.0 Å². The van der Waals surface area contributed by atoms with Crippen molar-refractivity contribution in [2.45, 2.75) is 12.8 Å². The highest BCUT2D eigenvalue weighted by atomic mass is 35.5. The van der Waals surface area contributed by atoms with Gasteiger partial charge in [-0.15, -0.1) is 0 Å². The fourth-order valence-corrected chi connectivity index (χ4v) is 3.58. The second kappa shape index (κ2) is 7.33. The number of hydrogen-bond donors (Lipinski definition) is 1. The van der Waals surface area contributed by atoms with E-state index in [0.29, 0.717) is 40.6 Å². The maximum Gasteiger partial charge on any atom is 0.257 e. The molecule has 0 aliphatic heterocycles. The summed E-state index contributed by atoms with van der Waals surface area (Å²) < 4.78 is 5.89. The zero-order chi connectivity index (χ0) is 19.8. The van der Waals surface area contributed by atoms with Crippen molar-refractivity contribution in [1.29, 1.82) is 0 Å². The molecule has 2 N–H and O–H groups in total. The molecule has 2 aromatic carbocycles. The smallest absolute Gasteiger partial charge is 0.257 e. The van der Waals surface area contributed by atoms with Crippen LogP contribution >= 0.6 is 11.6 Å². The predicted molar refractivity (Wildman–Crippen MR) is 116 cm³/mol. The molecule has 4 aromatic rings. The number of benzene rings is 2. The van der Waals surface area contributed by atoms with E-state index in [2.05, 4.69) is 9.97 Å². The summed E-state index contributed by atoms with van der Waals surface area (Å²) in [6, 6.07) is 17.6. The van der Waals surface area contributed by atoms with Gasteiger partial charge in [0.1, 0.15) is 5.69 Å². The zero-order valence-corrected chi connectivity index (χ0v) is 16.4. The minimum Gasteiger partial charge on any atom is -0.475 e. The van der Waals surface area contributed by atoms with Gasteiger partial charge in [-0.25, -0.2) is 9.97 Å². The molecule has 6 heteroatoms. The molecule has 144 valence electrons. The molecule has 5 nitrogen and oxygen atoms in total. The first kappa shape index (κ1) is 17.9. The van der Waals surface area contributed by atoms with Gasteiger partial charge in [-0.05, 0) is 37.0 Å². The number of hydrogen-bond acceptors (Lipinski definition) is 5. The van der Waals surface area contributed by atoms with Gasteiger partial charge in [0.25, 0.3) is 5.88 Å². The van der Waals surface area contributed by atoms with Gasteiger partial charge in [0.05, 0.1) is 22.8 Å². The molecule has 5 rings (SSSR count). The van der Waals surface area contributed by atoms with Crippen LogP contribution < -0.4 is 10.5 Å². The van der Waals surface area contributed by atoms with Gasteiger partial charge < -0.3 is 10.5 Å². The summed E-state index contributed by atoms with van der Waals surface area (Å²) in [5, 5.41) is 1.50. The summed E-state index contributed by atoms with van der Waals surface area (Å²) in [4.78, 5) is 13.8. The molecule has 1 aliphatic carbocycles. The Bertz CT molecular complexity index is 1190. The number of ether oxygens (including phenoxy) is 1. The van der Waals surface area contributed by atoms with Gasteiger partial charge in [0.15, 0.2) is 5.82 Å². The van der Waals surface area contributed by atoms with Crippen LogP contribution in [0.3, 0.4) is 0 Å². The van der Waals surface area contributed by atoms with Gasteiger partial charge in [0, 0.05) is 22.7 Å². The van der Waals surface area contributed by atoms with Crippen molar-refractivity contribution in [1.82, 2.24) is 15.0 Å². The van der Waals surface area contributed by atoms with Gasteiger partial charge in [0.2, 0.25) is 0 Å². The number of fused-ring (bicyclic) bond motifs is 1. The van der Waals surface area contributed by atoms with E-state index in [1.807, 2.05) is 54.6 Å². The predicted octanol–water partition coefficient (Wildman–Crippen LogP) is 5.38. The average molecular weight is 403 g/mol. The monoisotopic (exact) mass is 402 g/mol. The number of nitrogens with two attached hydrogens (primary N) is 1. The van der Waals surface area contributed by atoms with E-state index in [4.69, 9.17) is 27.1 Å². The van der Waals surface area contributed by atoms with Crippen LogP contribution in [0.15, 0.2) is 60.8 Å². The molecule has 0 unspecified atom stereocenters. The molecule has 1 saturated carbocycles. The van der Waals surface area contributed by atoms with Crippen LogP contribution in [0.2, 0.25) is 5.02 Å². The number of nitrogen functional groups attached to an aromatic ring is 1. The first-order valence-electron chi connectivity index (χ1n) is 9.59. The van der Waals surface area contributed by atoms with Crippen LogP contribution in [-0.4, -0.2) is 21.6 Å². The summed E-state index contributed by atoms with van der Waals surface area (Å²) in [5.41, 5.74) is 10.1. The fourth-order valence-electron chi connectivity index (χ4n) is 3.30. The summed E-state index contributed by atoms with van der Waals surface area (Å²) in [7, 11) is 0. The van der Waals surface area contributed by atoms with E-state index < -0.39 is 0 Å². The maximum absolute atomic E-state index is 6.53. The third kappa shape index (κ3) is 3.61. The number of nitrogens with zero attached hydrogens (tertiary/aromatic N) is 3. The Labute approximate surface area is 173 Å².